The summed E-state index contributed by atoms with van der Waals surface area (Å²) < 4.78 is 0. The van der Waals surface area contributed by atoms with Gasteiger partial charge in [0.2, 0.25) is 0 Å². The zero-order valence-corrected chi connectivity index (χ0v) is 16.5. The second-order valence-corrected chi connectivity index (χ2v) is 7.71. The summed E-state index contributed by atoms with van der Waals surface area (Å²) >= 11 is 5.97. The van der Waals surface area contributed by atoms with Gasteiger partial charge in [-0.3, -0.25) is 9.89 Å². The van der Waals surface area contributed by atoms with Gasteiger partial charge in [0, 0.05) is 35.8 Å². The van der Waals surface area contributed by atoms with Gasteiger partial charge in [-0.25, -0.2) is 0 Å². The van der Waals surface area contributed by atoms with Crippen molar-refractivity contribution in [2.75, 3.05) is 18.0 Å². The molecule has 144 valence electrons. The highest BCUT2D eigenvalue weighted by Gasteiger charge is 2.23. The van der Waals surface area contributed by atoms with Crippen LogP contribution in [0, 0.1) is 6.92 Å². The van der Waals surface area contributed by atoms with Crippen LogP contribution >= 0.6 is 11.6 Å². The Morgan fingerprint density at radius 3 is 2.82 bits per heavy atom. The fraction of sp³-hybridized carbons (Fsp3) is 0.273. The van der Waals surface area contributed by atoms with Gasteiger partial charge in [-0.05, 0) is 49.6 Å². The first kappa shape index (κ1) is 18.6. The summed E-state index contributed by atoms with van der Waals surface area (Å²) in [6.07, 6.45) is 1.99. The number of nitrogens with one attached hydrogen (secondary N) is 2. The summed E-state index contributed by atoms with van der Waals surface area (Å²) in [4.78, 5) is 14.8. The first-order valence-electron chi connectivity index (χ1n) is 9.52. The molecule has 2 aromatic carbocycles. The number of carbonyl (C=O) groups excluding carboxylic acids is 1. The molecule has 5 nitrogen and oxygen atoms in total. The number of anilines is 1. The highest BCUT2D eigenvalue weighted by molar-refractivity contribution is 6.30. The van der Waals surface area contributed by atoms with E-state index in [1.54, 1.807) is 0 Å². The van der Waals surface area contributed by atoms with Crippen LogP contribution in [-0.4, -0.2) is 35.2 Å². The van der Waals surface area contributed by atoms with E-state index in [0.29, 0.717) is 10.6 Å². The van der Waals surface area contributed by atoms with Crippen LogP contribution in [0.3, 0.4) is 0 Å². The summed E-state index contributed by atoms with van der Waals surface area (Å²) in [6.45, 7) is 3.68. The van der Waals surface area contributed by atoms with E-state index in [0.717, 1.165) is 48.6 Å². The summed E-state index contributed by atoms with van der Waals surface area (Å²) in [7, 11) is 0. The van der Waals surface area contributed by atoms with E-state index in [1.165, 1.54) is 0 Å². The largest absolute Gasteiger partial charge is 0.353 e. The quantitative estimate of drug-likeness (QED) is 0.687. The van der Waals surface area contributed by atoms with Crippen molar-refractivity contribution in [3.63, 3.8) is 0 Å². The smallest absolute Gasteiger partial charge is 0.251 e. The molecule has 6 heteroatoms. The monoisotopic (exact) mass is 394 g/mol. The lowest BCUT2D eigenvalue weighted by atomic mass is 10.0. The number of piperidine rings is 1. The fourth-order valence-corrected chi connectivity index (χ4v) is 3.73. The van der Waals surface area contributed by atoms with Crippen LogP contribution in [0.5, 0.6) is 0 Å². The molecular weight excluding hydrogens is 372 g/mol. The Morgan fingerprint density at radius 2 is 2.04 bits per heavy atom. The molecule has 3 aromatic rings. The highest BCUT2D eigenvalue weighted by Crippen LogP contribution is 2.25. The van der Waals surface area contributed by atoms with E-state index in [4.69, 9.17) is 11.6 Å². The molecule has 0 radical (unpaired) electrons. The number of benzene rings is 2. The molecule has 4 rings (SSSR count). The van der Waals surface area contributed by atoms with Crippen LogP contribution in [0.1, 0.15) is 28.8 Å². The molecule has 0 saturated carbocycles. The lowest BCUT2D eigenvalue weighted by Gasteiger charge is -2.33. The summed E-state index contributed by atoms with van der Waals surface area (Å²) in [5, 5.41) is 11.5. The summed E-state index contributed by atoms with van der Waals surface area (Å²) in [5.74, 6) is 0.888. The number of aryl methyl sites for hydroxylation is 1. The first-order valence-corrected chi connectivity index (χ1v) is 9.90. The van der Waals surface area contributed by atoms with Gasteiger partial charge in [-0.2, -0.15) is 5.10 Å². The van der Waals surface area contributed by atoms with Gasteiger partial charge in [-0.15, -0.1) is 0 Å². The molecule has 1 aliphatic rings. The normalized spacial score (nSPS) is 16.8. The Kier molecular flexibility index (Phi) is 5.35. The van der Waals surface area contributed by atoms with Gasteiger partial charge in [0.15, 0.2) is 5.82 Å². The third-order valence-electron chi connectivity index (χ3n) is 5.08. The van der Waals surface area contributed by atoms with Crippen LogP contribution in [0.2, 0.25) is 5.02 Å². The second kappa shape index (κ2) is 8.07. The number of rotatable bonds is 4. The van der Waals surface area contributed by atoms with Crippen LogP contribution in [0.25, 0.3) is 11.3 Å². The molecule has 1 amide bonds. The number of H-pyrrole nitrogens is 1. The molecule has 0 bridgehead atoms. The predicted octanol–water partition coefficient (Wildman–Crippen LogP) is 4.44. The minimum absolute atomic E-state index is 0.0144. The van der Waals surface area contributed by atoms with Gasteiger partial charge < -0.3 is 10.2 Å². The van der Waals surface area contributed by atoms with Crippen LogP contribution in [-0.2, 0) is 0 Å². The first-order chi connectivity index (χ1) is 13.6. The van der Waals surface area contributed by atoms with Gasteiger partial charge >= 0.3 is 0 Å². The van der Waals surface area contributed by atoms with E-state index >= 15 is 0 Å². The molecule has 0 spiro atoms. The SMILES string of the molecule is Cc1cccc(C(=O)NC2CCCN(c3cc(-c4ccc(Cl)cc4)[nH]n3)C2)c1. The van der Waals surface area contributed by atoms with Crippen molar-refractivity contribution < 1.29 is 4.79 Å². The summed E-state index contributed by atoms with van der Waals surface area (Å²) in [5.41, 5.74) is 3.80. The fourth-order valence-electron chi connectivity index (χ4n) is 3.61. The van der Waals surface area contributed by atoms with Gasteiger partial charge in [0.25, 0.3) is 5.91 Å². The number of aromatic nitrogens is 2. The van der Waals surface area contributed by atoms with E-state index in [9.17, 15) is 4.79 Å². The van der Waals surface area contributed by atoms with Crippen molar-refractivity contribution >= 4 is 23.3 Å². The maximum absolute atomic E-state index is 12.6. The maximum Gasteiger partial charge on any atom is 0.251 e. The zero-order valence-electron chi connectivity index (χ0n) is 15.8. The number of amides is 1. The molecule has 1 atom stereocenters. The predicted molar refractivity (Wildman–Crippen MR) is 113 cm³/mol. The van der Waals surface area contributed by atoms with Crippen LogP contribution in [0.4, 0.5) is 5.82 Å². The van der Waals surface area contributed by atoms with Crippen molar-refractivity contribution in [2.24, 2.45) is 0 Å². The Labute approximate surface area is 169 Å². The molecule has 1 fully saturated rings. The molecule has 1 aliphatic heterocycles. The van der Waals surface area contributed by atoms with Crippen molar-refractivity contribution in [1.82, 2.24) is 15.5 Å². The second-order valence-electron chi connectivity index (χ2n) is 7.27. The number of aromatic amines is 1. The summed E-state index contributed by atoms with van der Waals surface area (Å²) in [6, 6.07) is 17.5. The molecule has 2 N–H and O–H groups in total. The molecule has 1 aromatic heterocycles. The Bertz CT molecular complexity index is 967. The highest BCUT2D eigenvalue weighted by atomic mass is 35.5. The van der Waals surface area contributed by atoms with E-state index in [-0.39, 0.29) is 11.9 Å². The zero-order chi connectivity index (χ0) is 19.5. The van der Waals surface area contributed by atoms with Gasteiger partial charge in [0.1, 0.15) is 0 Å². The minimum Gasteiger partial charge on any atom is -0.353 e. The number of halogens is 1. The Hall–Kier alpha value is -2.79. The van der Waals surface area contributed by atoms with Crippen LogP contribution in [0.15, 0.2) is 54.6 Å². The average Bonchev–Trinajstić information content (AvgIpc) is 3.19. The lowest BCUT2D eigenvalue weighted by Crippen LogP contribution is -2.48. The van der Waals surface area contributed by atoms with Crippen molar-refractivity contribution in [3.05, 3.63) is 70.7 Å². The Balaban J connectivity index is 1.42. The topological polar surface area (TPSA) is 61.0 Å². The van der Waals surface area contributed by atoms with Crippen molar-refractivity contribution in [1.29, 1.82) is 0 Å². The van der Waals surface area contributed by atoms with Gasteiger partial charge in [0.05, 0.1) is 5.69 Å². The molecule has 28 heavy (non-hydrogen) atoms. The van der Waals surface area contributed by atoms with E-state index < -0.39 is 0 Å². The standard InChI is InChI=1S/C22H23ClN4O/c1-15-4-2-5-17(12-15)22(28)24-19-6-3-11-27(14-19)21-13-20(25-26-21)16-7-9-18(23)10-8-16/h2,4-5,7-10,12-13,19H,3,6,11,14H2,1H3,(H,24,28)(H,25,26). The number of carbonyl (C=O) groups is 1. The lowest BCUT2D eigenvalue weighted by molar-refractivity contribution is 0.0933. The number of nitrogens with zero attached hydrogens (tertiary/aromatic N) is 2. The Morgan fingerprint density at radius 1 is 1.21 bits per heavy atom. The third kappa shape index (κ3) is 4.20. The number of hydrogen-bond acceptors (Lipinski definition) is 3. The molecule has 1 unspecified atom stereocenters. The van der Waals surface area contributed by atoms with Gasteiger partial charge in [-0.1, -0.05) is 41.4 Å². The minimum atomic E-state index is -0.0144. The molecule has 2 heterocycles. The average molecular weight is 395 g/mol. The molecular formula is C22H23ClN4O. The van der Waals surface area contributed by atoms with E-state index in [1.807, 2.05) is 61.5 Å². The van der Waals surface area contributed by atoms with E-state index in [2.05, 4.69) is 20.4 Å². The maximum atomic E-state index is 12.6. The van der Waals surface area contributed by atoms with Crippen LogP contribution < -0.4 is 10.2 Å². The number of hydrogen-bond donors (Lipinski definition) is 2. The van der Waals surface area contributed by atoms with Crippen molar-refractivity contribution in [2.45, 2.75) is 25.8 Å². The third-order valence-corrected chi connectivity index (χ3v) is 5.33. The molecule has 0 aliphatic carbocycles. The van der Waals surface area contributed by atoms with Crippen molar-refractivity contribution in [3.8, 4) is 11.3 Å². The molecule has 1 saturated heterocycles.